The summed E-state index contributed by atoms with van der Waals surface area (Å²) in [4.78, 5) is 124. The lowest BCUT2D eigenvalue weighted by Crippen LogP contribution is -2.53. The molecule has 0 radical (unpaired) electrons. The Hall–Kier alpha value is -6.39. The van der Waals surface area contributed by atoms with Crippen molar-refractivity contribution in [2.24, 2.45) is 29.4 Å². The number of carbonyl (C=O) groups excluding carboxylic acids is 9. The standard InChI is InChI=1S/C65H91Cl2N5O16/c1-13-43(14-2)62(80)85-27-17-15-16-21-44(73)33-46(37(3)4)59(77)70-48(22-19-26-69-63(68)81)50(74)31-41-24-25-45(47(66)29-41)60(78)71(9)40(7)61(79)87-54-34-55(75)72(10)49-30-42(32-51(83-11)57(49)67)28-38(5)20-18-23-53(84-12)65(82)35-52(86-56(76)36-65)39(6)58-64(54,8)88-58/h18,20,23-25,29-30,32,37,39-40,43,46,48,52-54,58,82H,13-17,19,21-22,26-28,31,33-36H2,1-12H3,(H,70,77)(H3,68,69,81)/b23-18+,38-20+/t39-,40+,46+,48+,52+,53-,54+,58+,64+,65-/m1/s1. The Morgan fingerprint density at radius 1 is 0.977 bits per heavy atom. The molecule has 0 aliphatic carbocycles. The molecule has 88 heavy (non-hydrogen) atoms. The van der Waals surface area contributed by atoms with Crippen molar-refractivity contribution in [2.45, 2.75) is 193 Å². The fourth-order valence-corrected chi connectivity index (χ4v) is 12.0. The first-order valence-corrected chi connectivity index (χ1v) is 31.2. The number of Topliss-reactive ketones (excluding diaryl/α,β-unsaturated/α-hetero) is 2. The van der Waals surface area contributed by atoms with Gasteiger partial charge >= 0.3 is 23.9 Å². The van der Waals surface area contributed by atoms with E-state index in [0.29, 0.717) is 55.5 Å². The third-order valence-corrected chi connectivity index (χ3v) is 18.0. The molecule has 5 N–H and O–H groups in total. The predicted octanol–water partition coefficient (Wildman–Crippen LogP) is 8.55. The van der Waals surface area contributed by atoms with E-state index in [1.165, 1.54) is 58.3 Å². The SMILES string of the molecule is CCC(CC)C(=O)OCCCCCC(=O)C[C@H](C(=O)N[C@@H](CCCNC(N)=O)C(=O)Cc1ccc(C(=O)N(C)[C@@H](C)C(=O)O[C@H]2CC(=O)N(C)c3cc(cc(OC)c3Cl)C/C(C)=C/C=C/[C@@H](OC)[C@]3(O)CC(=O)O[C@@H](C3)[C@@H](C)[C@@H]3O[C@@]23C)c(Cl)c1)C(C)C. The quantitative estimate of drug-likeness (QED) is 0.0282. The van der Waals surface area contributed by atoms with Crippen LogP contribution in [0.25, 0.3) is 0 Å². The van der Waals surface area contributed by atoms with Gasteiger partial charge in [0, 0.05) is 65.3 Å². The largest absolute Gasteiger partial charge is 0.495 e. The molecular formula is C65H91Cl2N5O16. The zero-order valence-electron chi connectivity index (χ0n) is 53.0. The van der Waals surface area contributed by atoms with E-state index in [1.54, 1.807) is 38.1 Å². The van der Waals surface area contributed by atoms with E-state index in [2.05, 4.69) is 10.6 Å². The Balaban J connectivity index is 1.32. The lowest BCUT2D eigenvalue weighted by Gasteiger charge is -2.41. The highest BCUT2D eigenvalue weighted by Gasteiger charge is 2.64. The van der Waals surface area contributed by atoms with E-state index < -0.39 is 107 Å². The van der Waals surface area contributed by atoms with E-state index in [4.69, 9.17) is 57.4 Å². The molecule has 4 bridgehead atoms. The van der Waals surface area contributed by atoms with Crippen molar-refractivity contribution < 1.29 is 76.7 Å². The van der Waals surface area contributed by atoms with Crippen molar-refractivity contribution in [2.75, 3.05) is 46.4 Å². The number of anilines is 1. The number of nitrogens with zero attached hydrogens (tertiary/aromatic N) is 2. The number of epoxide rings is 1. The Bertz CT molecular complexity index is 2910. The van der Waals surface area contributed by atoms with Gasteiger partial charge in [0.15, 0.2) is 5.78 Å². The molecule has 10 atom stereocenters. The number of esters is 3. The Kier molecular flexibility index (Phi) is 27.1. The molecule has 0 unspecified atom stereocenters. The number of urea groups is 1. The van der Waals surface area contributed by atoms with Crippen LogP contribution in [0, 0.1) is 23.7 Å². The maximum absolute atomic E-state index is 14.5. The van der Waals surface area contributed by atoms with Gasteiger partial charge < -0.3 is 59.7 Å². The van der Waals surface area contributed by atoms with Gasteiger partial charge in [-0.1, -0.05) is 87.7 Å². The van der Waals surface area contributed by atoms with Crippen LogP contribution in [0.5, 0.6) is 5.75 Å². The lowest BCUT2D eigenvalue weighted by atomic mass is 9.78. The summed E-state index contributed by atoms with van der Waals surface area (Å²) >= 11 is 13.7. The number of nitrogens with one attached hydrogen (secondary N) is 2. The number of carbonyl (C=O) groups is 9. The molecule has 23 heteroatoms. The number of primary amides is 1. The first kappa shape index (κ1) is 72.4. The summed E-state index contributed by atoms with van der Waals surface area (Å²) in [6.45, 7) is 14.7. The Morgan fingerprint density at radius 2 is 1.68 bits per heavy atom. The number of fused-ring (bicyclic) bond motifs is 5. The number of allylic oxidation sites excluding steroid dienone is 3. The van der Waals surface area contributed by atoms with Crippen molar-refractivity contribution in [3.8, 4) is 5.75 Å². The van der Waals surface area contributed by atoms with Crippen LogP contribution in [0.2, 0.25) is 10.0 Å². The number of methoxy groups -OCH3 is 2. The molecule has 2 aromatic carbocycles. The molecular weight excluding hydrogens is 1180 g/mol. The molecule has 486 valence electrons. The molecule has 0 aromatic heterocycles. The number of benzene rings is 2. The van der Waals surface area contributed by atoms with Crippen LogP contribution in [0.3, 0.4) is 0 Å². The summed E-state index contributed by atoms with van der Waals surface area (Å²) in [5.41, 5.74) is 4.60. The average Bonchev–Trinajstić information content (AvgIpc) is 1.87. The zero-order valence-corrected chi connectivity index (χ0v) is 54.5. The van der Waals surface area contributed by atoms with Crippen molar-refractivity contribution in [1.82, 2.24) is 15.5 Å². The van der Waals surface area contributed by atoms with Gasteiger partial charge in [-0.3, -0.25) is 33.6 Å². The summed E-state index contributed by atoms with van der Waals surface area (Å²) in [5, 5.41) is 17.5. The molecule has 3 heterocycles. The van der Waals surface area contributed by atoms with Gasteiger partial charge in [-0.2, -0.15) is 0 Å². The number of likely N-dealkylation sites (N-methyl/N-ethyl adjacent to an activating group) is 1. The molecule has 3 aliphatic heterocycles. The highest BCUT2D eigenvalue weighted by atomic mass is 35.5. The molecule has 0 saturated carbocycles. The third-order valence-electron chi connectivity index (χ3n) is 17.3. The summed E-state index contributed by atoms with van der Waals surface area (Å²) in [5.74, 6) is -5.39. The van der Waals surface area contributed by atoms with Crippen LogP contribution in [0.15, 0.2) is 54.1 Å². The maximum atomic E-state index is 14.5. The monoisotopic (exact) mass is 1270 g/mol. The normalized spacial score (nSPS) is 24.1. The second-order valence-electron chi connectivity index (χ2n) is 24.2. The number of nitrogens with two attached hydrogens (primary N) is 1. The number of unbranched alkanes of at least 4 members (excludes halogenated alkanes) is 2. The molecule has 2 aromatic rings. The number of ether oxygens (including phenoxy) is 6. The van der Waals surface area contributed by atoms with Crippen LogP contribution in [-0.2, 0) is 70.1 Å². The Labute approximate surface area is 527 Å². The second-order valence-corrected chi connectivity index (χ2v) is 25.0. The molecule has 3 aliphatic rings. The highest BCUT2D eigenvalue weighted by Crippen LogP contribution is 2.50. The smallest absolute Gasteiger partial charge is 0.328 e. The first-order chi connectivity index (χ1) is 41.5. The van der Waals surface area contributed by atoms with E-state index in [-0.39, 0.29) is 97.3 Å². The molecule has 21 nitrogen and oxygen atoms in total. The summed E-state index contributed by atoms with van der Waals surface area (Å²) < 4.78 is 35.2. The zero-order chi connectivity index (χ0) is 65.4. The van der Waals surface area contributed by atoms with Gasteiger partial charge in [0.1, 0.15) is 52.1 Å². The van der Waals surface area contributed by atoms with Crippen LogP contribution in [0.4, 0.5) is 10.5 Å². The van der Waals surface area contributed by atoms with Crippen molar-refractivity contribution in [3.63, 3.8) is 0 Å². The number of halogens is 2. The number of hydrogen-bond acceptors (Lipinski definition) is 16. The van der Waals surface area contributed by atoms with Crippen molar-refractivity contribution in [3.05, 3.63) is 80.9 Å². The van der Waals surface area contributed by atoms with Crippen LogP contribution >= 0.6 is 23.2 Å². The number of hydrogen-bond donors (Lipinski definition) is 4. The van der Waals surface area contributed by atoms with Gasteiger partial charge in [-0.25, -0.2) is 9.59 Å². The van der Waals surface area contributed by atoms with E-state index in [1.807, 2.05) is 40.7 Å². The molecule has 5 amide bonds. The number of ketones is 2. The summed E-state index contributed by atoms with van der Waals surface area (Å²) in [6, 6.07) is 4.82. The third kappa shape index (κ3) is 19.3. The molecule has 0 spiro atoms. The fourth-order valence-electron chi connectivity index (χ4n) is 11.4. The van der Waals surface area contributed by atoms with Crippen LogP contribution < -0.4 is 26.0 Å². The van der Waals surface area contributed by atoms with Gasteiger partial charge in [0.25, 0.3) is 5.91 Å². The minimum Gasteiger partial charge on any atom is -0.495 e. The lowest BCUT2D eigenvalue weighted by molar-refractivity contribution is -0.187. The molecule has 5 rings (SSSR count). The van der Waals surface area contributed by atoms with Crippen molar-refractivity contribution in [1.29, 1.82) is 0 Å². The fraction of sp³-hybridized carbons (Fsp3) is 0.615. The van der Waals surface area contributed by atoms with Crippen LogP contribution in [0.1, 0.15) is 154 Å². The highest BCUT2D eigenvalue weighted by molar-refractivity contribution is 6.35. The summed E-state index contributed by atoms with van der Waals surface area (Å²) in [6.07, 6.45) is 4.65. The van der Waals surface area contributed by atoms with E-state index in [0.717, 1.165) is 16.0 Å². The van der Waals surface area contributed by atoms with Gasteiger partial charge in [0.2, 0.25) is 11.8 Å². The van der Waals surface area contributed by atoms with E-state index in [9.17, 15) is 48.3 Å². The minimum atomic E-state index is -1.67. The number of aliphatic hydroxyl groups is 1. The van der Waals surface area contributed by atoms with Crippen LogP contribution in [-0.4, -0.2) is 152 Å². The Morgan fingerprint density at radius 3 is 2.32 bits per heavy atom. The van der Waals surface area contributed by atoms with Gasteiger partial charge in [0.05, 0.1) is 60.9 Å². The minimum absolute atomic E-state index is 0.0177. The number of amides is 5. The number of rotatable bonds is 27. The van der Waals surface area contributed by atoms with E-state index >= 15 is 0 Å². The predicted molar refractivity (Wildman–Crippen MR) is 332 cm³/mol. The maximum Gasteiger partial charge on any atom is 0.328 e. The average molecular weight is 1270 g/mol. The summed E-state index contributed by atoms with van der Waals surface area (Å²) in [7, 11) is 5.81. The van der Waals surface area contributed by atoms with Gasteiger partial charge in [-0.05, 0) is 113 Å². The molecule has 2 fully saturated rings. The molecule has 2 saturated heterocycles. The van der Waals surface area contributed by atoms with Gasteiger partial charge in [-0.15, -0.1) is 0 Å². The first-order valence-electron chi connectivity index (χ1n) is 30.4. The van der Waals surface area contributed by atoms with Crippen molar-refractivity contribution >= 4 is 82.1 Å². The second kappa shape index (κ2) is 32.9. The topological polar surface area (TPSA) is 289 Å².